The zero-order chi connectivity index (χ0) is 23.6. The van der Waals surface area contributed by atoms with E-state index in [4.69, 9.17) is 23.2 Å². The van der Waals surface area contributed by atoms with Crippen LogP contribution in [0.4, 0.5) is 0 Å². The maximum absolute atomic E-state index is 10.8. The first-order chi connectivity index (χ1) is 15.7. The Morgan fingerprint density at radius 3 is 1.73 bits per heavy atom. The Kier molecular flexibility index (Phi) is 4.74. The Bertz CT molecular complexity index is 1480. The molecule has 5 rings (SSSR count). The molecular weight excluding hydrogens is 467 g/mol. The van der Waals surface area contributed by atoms with Crippen molar-refractivity contribution < 1.29 is 30.6 Å². The topological polar surface area (TPSA) is 121 Å². The molecule has 33 heavy (non-hydrogen) atoms. The van der Waals surface area contributed by atoms with Crippen LogP contribution in [0.2, 0.25) is 10.0 Å². The van der Waals surface area contributed by atoms with E-state index in [1.165, 1.54) is 12.1 Å². The first-order valence-electron chi connectivity index (χ1n) is 9.82. The lowest BCUT2D eigenvalue weighted by atomic mass is 9.86. The van der Waals surface area contributed by atoms with Crippen molar-refractivity contribution in [3.8, 4) is 67.9 Å². The molecule has 1 aliphatic rings. The van der Waals surface area contributed by atoms with E-state index in [9.17, 15) is 30.6 Å². The van der Waals surface area contributed by atoms with Crippen LogP contribution in [0.3, 0.4) is 0 Å². The van der Waals surface area contributed by atoms with Crippen molar-refractivity contribution in [3.05, 3.63) is 69.7 Å². The molecule has 0 aliphatic heterocycles. The minimum absolute atomic E-state index is 0.0899. The summed E-state index contributed by atoms with van der Waals surface area (Å²) in [5.74, 6) is -4.11. The predicted molar refractivity (Wildman–Crippen MR) is 126 cm³/mol. The fourth-order valence-electron chi connectivity index (χ4n) is 4.37. The Morgan fingerprint density at radius 2 is 1.06 bits per heavy atom. The van der Waals surface area contributed by atoms with Gasteiger partial charge in [0.1, 0.15) is 0 Å². The highest BCUT2D eigenvalue weighted by Gasteiger charge is 2.29. The van der Waals surface area contributed by atoms with E-state index in [0.29, 0.717) is 17.5 Å². The van der Waals surface area contributed by atoms with Gasteiger partial charge in [-0.15, -0.1) is 0 Å². The third kappa shape index (κ3) is 3.03. The fraction of sp³-hybridized carbons (Fsp3) is 0.0400. The van der Waals surface area contributed by atoms with Crippen LogP contribution in [-0.2, 0) is 6.42 Å². The van der Waals surface area contributed by atoms with Gasteiger partial charge in [0.2, 0.25) is 11.5 Å². The highest BCUT2D eigenvalue weighted by Crippen LogP contribution is 2.55. The summed E-state index contributed by atoms with van der Waals surface area (Å²) in [4.78, 5) is 0. The highest BCUT2D eigenvalue weighted by molar-refractivity contribution is 6.33. The molecule has 6 N–H and O–H groups in total. The molecule has 0 fully saturated rings. The molecule has 4 aromatic carbocycles. The third-order valence-electron chi connectivity index (χ3n) is 5.95. The Labute approximate surface area is 197 Å². The lowest BCUT2D eigenvalue weighted by Crippen LogP contribution is -1.95. The fourth-order valence-corrected chi connectivity index (χ4v) is 4.77. The molecule has 0 spiro atoms. The molecule has 0 unspecified atom stereocenters. The van der Waals surface area contributed by atoms with Gasteiger partial charge in [-0.25, -0.2) is 0 Å². The zero-order valence-electron chi connectivity index (χ0n) is 16.8. The lowest BCUT2D eigenvalue weighted by molar-refractivity contribution is 0.368. The average Bonchev–Trinajstić information content (AvgIpc) is 3.19. The molecule has 1 aliphatic carbocycles. The minimum Gasteiger partial charge on any atom is -0.504 e. The quantitative estimate of drug-likeness (QED) is 0.168. The standard InChI is InChI=1S/C25H16Cl2O6/c26-17-8-15(20(28)24(32)22(17)30)13-6-5-12-11-4-2-1-3-10(11)7-14(12)19(13)16-9-18(27)23(31)25(33)21(16)29/h1-6,8-9,28-33H,7H2. The van der Waals surface area contributed by atoms with Crippen molar-refractivity contribution in [3.63, 3.8) is 0 Å². The number of phenolic OH excluding ortho intramolecular Hbond substituents is 6. The van der Waals surface area contributed by atoms with Crippen LogP contribution in [0.15, 0.2) is 48.5 Å². The summed E-state index contributed by atoms with van der Waals surface area (Å²) >= 11 is 12.2. The molecular formula is C25H16Cl2O6. The second-order valence-corrected chi connectivity index (χ2v) is 8.57. The van der Waals surface area contributed by atoms with Gasteiger partial charge < -0.3 is 30.6 Å². The number of phenols is 6. The molecule has 0 saturated heterocycles. The number of fused-ring (bicyclic) bond motifs is 3. The summed E-state index contributed by atoms with van der Waals surface area (Å²) in [5, 5.41) is 61.3. The van der Waals surface area contributed by atoms with E-state index in [0.717, 1.165) is 22.3 Å². The van der Waals surface area contributed by atoms with E-state index < -0.39 is 34.5 Å². The van der Waals surface area contributed by atoms with E-state index in [2.05, 4.69) is 0 Å². The van der Waals surface area contributed by atoms with Crippen LogP contribution in [0, 0.1) is 0 Å². The van der Waals surface area contributed by atoms with Gasteiger partial charge in [-0.05, 0) is 51.9 Å². The average molecular weight is 483 g/mol. The SMILES string of the molecule is Oc1c(Cl)cc(-c2ccc3c(c2-c2cc(Cl)c(O)c(O)c2O)Cc2ccccc2-3)c(O)c1O. The van der Waals surface area contributed by atoms with Gasteiger partial charge in [0.15, 0.2) is 23.0 Å². The first-order valence-corrected chi connectivity index (χ1v) is 10.6. The highest BCUT2D eigenvalue weighted by atomic mass is 35.5. The van der Waals surface area contributed by atoms with Crippen molar-refractivity contribution in [1.29, 1.82) is 0 Å². The molecule has 166 valence electrons. The summed E-state index contributed by atoms with van der Waals surface area (Å²) in [6, 6.07) is 13.9. The number of rotatable bonds is 2. The Morgan fingerprint density at radius 1 is 0.515 bits per heavy atom. The van der Waals surface area contributed by atoms with Gasteiger partial charge in [0.05, 0.1) is 10.0 Å². The van der Waals surface area contributed by atoms with Gasteiger partial charge in [-0.3, -0.25) is 0 Å². The third-order valence-corrected chi connectivity index (χ3v) is 6.53. The molecule has 0 bridgehead atoms. The van der Waals surface area contributed by atoms with Crippen LogP contribution in [0.5, 0.6) is 34.5 Å². The van der Waals surface area contributed by atoms with Crippen molar-refractivity contribution in [2.45, 2.75) is 6.42 Å². The van der Waals surface area contributed by atoms with Crippen LogP contribution in [0.25, 0.3) is 33.4 Å². The maximum atomic E-state index is 10.8. The van der Waals surface area contributed by atoms with Gasteiger partial charge >= 0.3 is 0 Å². The lowest BCUT2D eigenvalue weighted by Gasteiger charge is -2.19. The summed E-state index contributed by atoms with van der Waals surface area (Å²) in [5.41, 5.74) is 4.64. The van der Waals surface area contributed by atoms with Gasteiger partial charge in [0.25, 0.3) is 0 Å². The van der Waals surface area contributed by atoms with Crippen molar-refractivity contribution in [2.75, 3.05) is 0 Å². The zero-order valence-corrected chi connectivity index (χ0v) is 18.3. The summed E-state index contributed by atoms with van der Waals surface area (Å²) < 4.78 is 0. The van der Waals surface area contributed by atoms with Gasteiger partial charge in [0, 0.05) is 11.1 Å². The van der Waals surface area contributed by atoms with E-state index >= 15 is 0 Å². The second-order valence-electron chi connectivity index (χ2n) is 7.75. The molecule has 0 amide bonds. The summed E-state index contributed by atoms with van der Waals surface area (Å²) in [6.07, 6.45) is 0.478. The van der Waals surface area contributed by atoms with Crippen molar-refractivity contribution in [1.82, 2.24) is 0 Å². The maximum Gasteiger partial charge on any atom is 0.202 e. The largest absolute Gasteiger partial charge is 0.504 e. The van der Waals surface area contributed by atoms with E-state index in [1.807, 2.05) is 30.3 Å². The molecule has 0 saturated carbocycles. The monoisotopic (exact) mass is 482 g/mol. The minimum atomic E-state index is -0.789. The van der Waals surface area contributed by atoms with Gasteiger partial charge in [-0.1, -0.05) is 59.6 Å². The number of benzene rings is 4. The molecule has 0 aromatic heterocycles. The van der Waals surface area contributed by atoms with Crippen LogP contribution in [0.1, 0.15) is 11.1 Å². The number of halogens is 2. The number of hydrogen-bond donors (Lipinski definition) is 6. The smallest absolute Gasteiger partial charge is 0.202 e. The Hall–Kier alpha value is -3.74. The van der Waals surface area contributed by atoms with E-state index in [1.54, 1.807) is 6.07 Å². The molecule has 0 radical (unpaired) electrons. The number of aromatic hydroxyl groups is 6. The van der Waals surface area contributed by atoms with Crippen molar-refractivity contribution in [2.24, 2.45) is 0 Å². The predicted octanol–water partition coefficient (Wildman–Crippen LogP) is 6.13. The van der Waals surface area contributed by atoms with Gasteiger partial charge in [-0.2, -0.15) is 0 Å². The molecule has 0 atom stereocenters. The normalized spacial score (nSPS) is 11.9. The molecule has 4 aromatic rings. The Balaban J connectivity index is 1.91. The molecule has 0 heterocycles. The van der Waals surface area contributed by atoms with E-state index in [-0.39, 0.29) is 21.2 Å². The first kappa shape index (κ1) is 21.1. The summed E-state index contributed by atoms with van der Waals surface area (Å²) in [6.45, 7) is 0. The van der Waals surface area contributed by atoms with Crippen LogP contribution >= 0.6 is 23.2 Å². The molecule has 6 nitrogen and oxygen atoms in total. The second kappa shape index (κ2) is 7.40. The van der Waals surface area contributed by atoms with Crippen molar-refractivity contribution >= 4 is 23.2 Å². The molecule has 8 heteroatoms. The van der Waals surface area contributed by atoms with Crippen LogP contribution < -0.4 is 0 Å². The van der Waals surface area contributed by atoms with Crippen LogP contribution in [-0.4, -0.2) is 30.6 Å². The summed E-state index contributed by atoms with van der Waals surface area (Å²) in [7, 11) is 0. The number of hydrogen-bond acceptors (Lipinski definition) is 6.